The topological polar surface area (TPSA) is 73.9 Å². The first-order valence-electron chi connectivity index (χ1n) is 9.87. The van der Waals surface area contributed by atoms with E-state index in [9.17, 15) is 9.59 Å². The fraction of sp³-hybridized carbons (Fsp3) is 0.600. The summed E-state index contributed by atoms with van der Waals surface area (Å²) in [6.07, 6.45) is 5.19. The Morgan fingerprint density at radius 2 is 1.93 bits per heavy atom. The fourth-order valence-corrected chi connectivity index (χ4v) is 3.74. The average Bonchev–Trinajstić information content (AvgIpc) is 3.06. The third kappa shape index (κ3) is 5.60. The number of carbonyl (C=O) groups excluding carboxylic acids is 2. The molecule has 2 N–H and O–H groups in total. The average molecular weight is 374 g/mol. The van der Waals surface area contributed by atoms with Gasteiger partial charge in [0.15, 0.2) is 0 Å². The van der Waals surface area contributed by atoms with Gasteiger partial charge in [0.05, 0.1) is 13.2 Å². The van der Waals surface area contributed by atoms with E-state index in [-0.39, 0.29) is 18.0 Å². The van der Waals surface area contributed by atoms with Gasteiger partial charge in [-0.15, -0.1) is 0 Å². The number of carbonyl (C=O) groups is 2. The summed E-state index contributed by atoms with van der Waals surface area (Å²) in [5.41, 5.74) is 0.826. The van der Waals surface area contributed by atoms with Crippen molar-refractivity contribution < 1.29 is 14.3 Å². The van der Waals surface area contributed by atoms with Crippen LogP contribution in [0.5, 0.6) is 5.75 Å². The molecule has 7 nitrogen and oxygen atoms in total. The molecule has 2 aliphatic rings. The highest BCUT2D eigenvalue weighted by Gasteiger charge is 2.31. The van der Waals surface area contributed by atoms with Crippen molar-refractivity contribution in [1.29, 1.82) is 0 Å². The number of hydrogen-bond acceptors (Lipinski definition) is 4. The van der Waals surface area contributed by atoms with Crippen LogP contribution in [0.3, 0.4) is 0 Å². The van der Waals surface area contributed by atoms with Crippen LogP contribution in [0.15, 0.2) is 24.3 Å². The van der Waals surface area contributed by atoms with Gasteiger partial charge in [-0.2, -0.15) is 0 Å². The van der Waals surface area contributed by atoms with Crippen molar-refractivity contribution in [3.63, 3.8) is 0 Å². The molecule has 3 rings (SSSR count). The van der Waals surface area contributed by atoms with E-state index < -0.39 is 0 Å². The summed E-state index contributed by atoms with van der Waals surface area (Å²) in [6, 6.07) is 7.03. The summed E-state index contributed by atoms with van der Waals surface area (Å²) >= 11 is 0. The number of amides is 3. The molecule has 1 atom stereocenters. The van der Waals surface area contributed by atoms with Crippen molar-refractivity contribution >= 4 is 17.6 Å². The van der Waals surface area contributed by atoms with Gasteiger partial charge < -0.3 is 25.2 Å². The Morgan fingerprint density at radius 3 is 2.63 bits per heavy atom. The van der Waals surface area contributed by atoms with Crippen LogP contribution in [0.4, 0.5) is 10.5 Å². The quantitative estimate of drug-likeness (QED) is 0.716. The van der Waals surface area contributed by atoms with Crippen molar-refractivity contribution in [2.24, 2.45) is 0 Å². The molecule has 0 radical (unpaired) electrons. The van der Waals surface area contributed by atoms with Crippen LogP contribution in [-0.2, 0) is 4.79 Å². The van der Waals surface area contributed by atoms with Crippen molar-refractivity contribution in [1.82, 2.24) is 15.5 Å². The van der Waals surface area contributed by atoms with E-state index in [1.807, 2.05) is 24.3 Å². The van der Waals surface area contributed by atoms with Gasteiger partial charge >= 0.3 is 6.03 Å². The van der Waals surface area contributed by atoms with Crippen LogP contribution >= 0.6 is 0 Å². The SMILES string of the molecule is COc1ccc(N2C[C@H](NC(=O)NCCCN3CCCCC3)CC2=O)cc1. The van der Waals surface area contributed by atoms with E-state index >= 15 is 0 Å². The van der Waals surface area contributed by atoms with E-state index in [0.717, 1.165) is 24.4 Å². The minimum absolute atomic E-state index is 0.0237. The molecule has 2 aliphatic heterocycles. The van der Waals surface area contributed by atoms with Gasteiger partial charge in [0, 0.05) is 25.2 Å². The lowest BCUT2D eigenvalue weighted by Gasteiger charge is -2.26. The molecule has 0 aliphatic carbocycles. The summed E-state index contributed by atoms with van der Waals surface area (Å²) in [4.78, 5) is 28.5. The molecule has 7 heteroatoms. The van der Waals surface area contributed by atoms with E-state index in [1.165, 1.54) is 32.4 Å². The fourth-order valence-electron chi connectivity index (χ4n) is 3.74. The molecule has 3 amide bonds. The van der Waals surface area contributed by atoms with Gasteiger partial charge in [0.2, 0.25) is 5.91 Å². The van der Waals surface area contributed by atoms with Crippen molar-refractivity contribution in [2.45, 2.75) is 38.1 Å². The molecular weight excluding hydrogens is 344 g/mol. The number of likely N-dealkylation sites (tertiary alicyclic amines) is 1. The molecule has 2 fully saturated rings. The highest BCUT2D eigenvalue weighted by Crippen LogP contribution is 2.24. The molecule has 2 saturated heterocycles. The predicted octanol–water partition coefficient (Wildman–Crippen LogP) is 1.98. The smallest absolute Gasteiger partial charge is 0.315 e. The van der Waals surface area contributed by atoms with E-state index in [0.29, 0.717) is 19.5 Å². The normalized spacial score (nSPS) is 20.6. The summed E-state index contributed by atoms with van der Waals surface area (Å²) in [6.45, 7) is 4.54. The molecule has 0 unspecified atom stereocenters. The van der Waals surface area contributed by atoms with Crippen LogP contribution in [0, 0.1) is 0 Å². The zero-order valence-electron chi connectivity index (χ0n) is 16.1. The molecule has 2 heterocycles. The standard InChI is InChI=1S/C20H30N4O3/c1-27-18-8-6-17(7-9-18)24-15-16(14-19(24)25)22-20(26)21-10-5-13-23-11-3-2-4-12-23/h6-9,16H,2-5,10-15H2,1H3,(H2,21,22,26)/t16-/m1/s1. The van der Waals surface area contributed by atoms with E-state index in [4.69, 9.17) is 4.74 Å². The minimum Gasteiger partial charge on any atom is -0.497 e. The highest BCUT2D eigenvalue weighted by atomic mass is 16.5. The first kappa shape index (κ1) is 19.5. The summed E-state index contributed by atoms with van der Waals surface area (Å²) in [7, 11) is 1.61. The van der Waals surface area contributed by atoms with Crippen molar-refractivity contribution in [3.05, 3.63) is 24.3 Å². The third-order valence-corrected chi connectivity index (χ3v) is 5.23. The molecule has 0 spiro atoms. The van der Waals surface area contributed by atoms with Crippen LogP contribution in [0.25, 0.3) is 0 Å². The second-order valence-electron chi connectivity index (χ2n) is 7.26. The first-order chi connectivity index (χ1) is 13.2. The Kier molecular flexibility index (Phi) is 6.92. The summed E-state index contributed by atoms with van der Waals surface area (Å²) in [5.74, 6) is 0.777. The molecule has 27 heavy (non-hydrogen) atoms. The number of nitrogens with one attached hydrogen (secondary N) is 2. The molecule has 148 valence electrons. The Balaban J connectivity index is 1.37. The molecule has 1 aromatic rings. The predicted molar refractivity (Wildman–Crippen MR) is 105 cm³/mol. The molecule has 0 aromatic heterocycles. The second kappa shape index (κ2) is 9.60. The number of benzene rings is 1. The van der Waals surface area contributed by atoms with Gasteiger partial charge in [-0.05, 0) is 63.2 Å². The third-order valence-electron chi connectivity index (χ3n) is 5.23. The van der Waals surface area contributed by atoms with E-state index in [1.54, 1.807) is 12.0 Å². The first-order valence-corrected chi connectivity index (χ1v) is 9.87. The molecular formula is C20H30N4O3. The number of rotatable bonds is 7. The molecule has 1 aromatic carbocycles. The maximum Gasteiger partial charge on any atom is 0.315 e. The zero-order chi connectivity index (χ0) is 19.1. The van der Waals surface area contributed by atoms with Gasteiger partial charge in [0.25, 0.3) is 0 Å². The largest absolute Gasteiger partial charge is 0.497 e. The number of hydrogen-bond donors (Lipinski definition) is 2. The Labute approximate surface area is 161 Å². The monoisotopic (exact) mass is 374 g/mol. The second-order valence-corrected chi connectivity index (χ2v) is 7.26. The lowest BCUT2D eigenvalue weighted by Crippen LogP contribution is -2.44. The summed E-state index contributed by atoms with van der Waals surface area (Å²) in [5, 5.41) is 5.83. The molecule has 0 bridgehead atoms. The number of piperidine rings is 1. The number of ether oxygens (including phenoxy) is 1. The van der Waals surface area contributed by atoms with Crippen LogP contribution in [0.2, 0.25) is 0 Å². The minimum atomic E-state index is -0.192. The summed E-state index contributed by atoms with van der Waals surface area (Å²) < 4.78 is 5.15. The number of nitrogens with zero attached hydrogens (tertiary/aromatic N) is 2. The van der Waals surface area contributed by atoms with Gasteiger partial charge in [-0.1, -0.05) is 6.42 Å². The van der Waals surface area contributed by atoms with Crippen molar-refractivity contribution in [2.75, 3.05) is 44.7 Å². The van der Waals surface area contributed by atoms with Gasteiger partial charge in [0.1, 0.15) is 5.75 Å². The lowest BCUT2D eigenvalue weighted by molar-refractivity contribution is -0.117. The maximum absolute atomic E-state index is 12.3. The number of methoxy groups -OCH3 is 1. The Bertz CT molecular complexity index is 629. The van der Waals surface area contributed by atoms with E-state index in [2.05, 4.69) is 15.5 Å². The van der Waals surface area contributed by atoms with Gasteiger partial charge in [-0.3, -0.25) is 4.79 Å². The van der Waals surface area contributed by atoms with Crippen molar-refractivity contribution in [3.8, 4) is 5.75 Å². The van der Waals surface area contributed by atoms with Crippen LogP contribution in [0.1, 0.15) is 32.1 Å². The number of anilines is 1. The Hall–Kier alpha value is -2.28. The Morgan fingerprint density at radius 1 is 1.19 bits per heavy atom. The number of urea groups is 1. The highest BCUT2D eigenvalue weighted by molar-refractivity contribution is 5.96. The zero-order valence-corrected chi connectivity index (χ0v) is 16.1. The maximum atomic E-state index is 12.3. The van der Waals surface area contributed by atoms with Crippen LogP contribution in [-0.4, -0.2) is 62.7 Å². The lowest BCUT2D eigenvalue weighted by atomic mass is 10.1. The van der Waals surface area contributed by atoms with Crippen LogP contribution < -0.4 is 20.3 Å². The van der Waals surface area contributed by atoms with Gasteiger partial charge in [-0.25, -0.2) is 4.79 Å². The molecule has 0 saturated carbocycles.